The largest absolute Gasteiger partial charge is 0.497 e. The number of hydrogen-bond acceptors (Lipinski definition) is 5. The topological polar surface area (TPSA) is 56.8 Å². The van der Waals surface area contributed by atoms with Crippen LogP contribution in [0.1, 0.15) is 11.6 Å². The van der Waals surface area contributed by atoms with Crippen LogP contribution in [0.15, 0.2) is 18.2 Å². The molecule has 0 fully saturated rings. The fraction of sp³-hybridized carbons (Fsp3) is 0.462. The third-order valence-electron chi connectivity index (χ3n) is 2.65. The number of methoxy groups -OCH3 is 3. The Bertz CT molecular complexity index is 469. The average Bonchev–Trinajstić information content (AvgIpc) is 2.45. The van der Waals surface area contributed by atoms with Crippen molar-refractivity contribution in [3.63, 3.8) is 0 Å². The molecular formula is C13H16F3NO4. The molecule has 0 bridgehead atoms. The Morgan fingerprint density at radius 3 is 2.05 bits per heavy atom. The van der Waals surface area contributed by atoms with E-state index in [1.165, 1.54) is 26.4 Å². The standard InChI is InChI=1S/C13H16F3NO4/c1-19-9-4-8(5-10(6-9)20-2)11(12(18)21-3)17-7-13(14,15)16/h4-6,11,17H,7H2,1-3H3. The Balaban J connectivity index is 3.10. The van der Waals surface area contributed by atoms with Crippen LogP contribution in [0.5, 0.6) is 11.5 Å². The van der Waals surface area contributed by atoms with Crippen molar-refractivity contribution in [2.24, 2.45) is 0 Å². The first-order valence-corrected chi connectivity index (χ1v) is 5.91. The quantitative estimate of drug-likeness (QED) is 0.815. The number of carbonyl (C=O) groups is 1. The molecule has 1 atom stereocenters. The molecule has 0 heterocycles. The van der Waals surface area contributed by atoms with Gasteiger partial charge in [0.1, 0.15) is 17.5 Å². The minimum atomic E-state index is -4.45. The van der Waals surface area contributed by atoms with Crippen LogP contribution >= 0.6 is 0 Å². The van der Waals surface area contributed by atoms with Crippen LogP contribution in [-0.2, 0) is 9.53 Å². The van der Waals surface area contributed by atoms with Gasteiger partial charge in [0.2, 0.25) is 0 Å². The molecule has 1 aromatic carbocycles. The van der Waals surface area contributed by atoms with E-state index in [2.05, 4.69) is 10.1 Å². The Morgan fingerprint density at radius 1 is 1.14 bits per heavy atom. The maximum atomic E-state index is 12.3. The van der Waals surface area contributed by atoms with Gasteiger partial charge in [-0.05, 0) is 17.7 Å². The lowest BCUT2D eigenvalue weighted by Crippen LogP contribution is -2.36. The molecule has 0 saturated carbocycles. The SMILES string of the molecule is COC(=O)C(NCC(F)(F)F)c1cc(OC)cc(OC)c1. The molecule has 1 N–H and O–H groups in total. The summed E-state index contributed by atoms with van der Waals surface area (Å²) in [5, 5.41) is 2.12. The molecule has 0 aliphatic rings. The number of benzene rings is 1. The van der Waals surface area contributed by atoms with Gasteiger partial charge in [0.05, 0.1) is 27.9 Å². The summed E-state index contributed by atoms with van der Waals surface area (Å²) in [5.74, 6) is -0.131. The molecule has 118 valence electrons. The Kier molecular flexibility index (Phi) is 5.83. The number of ether oxygens (including phenoxy) is 3. The van der Waals surface area contributed by atoms with Gasteiger partial charge in [0, 0.05) is 6.07 Å². The zero-order chi connectivity index (χ0) is 16.0. The van der Waals surface area contributed by atoms with Gasteiger partial charge >= 0.3 is 12.1 Å². The van der Waals surface area contributed by atoms with Crippen molar-refractivity contribution in [2.75, 3.05) is 27.9 Å². The van der Waals surface area contributed by atoms with Crippen molar-refractivity contribution >= 4 is 5.97 Å². The number of nitrogens with one attached hydrogen (secondary N) is 1. The molecule has 5 nitrogen and oxygen atoms in total. The predicted molar refractivity (Wildman–Crippen MR) is 68.4 cm³/mol. The summed E-state index contributed by atoms with van der Waals surface area (Å²) < 4.78 is 51.6. The predicted octanol–water partition coefficient (Wildman–Crippen LogP) is 2.07. The second-order valence-corrected chi connectivity index (χ2v) is 4.10. The van der Waals surface area contributed by atoms with Crippen LogP contribution in [0.4, 0.5) is 13.2 Å². The summed E-state index contributed by atoms with van der Waals surface area (Å²) in [7, 11) is 3.89. The number of hydrogen-bond donors (Lipinski definition) is 1. The van der Waals surface area contributed by atoms with Gasteiger partial charge in [-0.25, -0.2) is 4.79 Å². The van der Waals surface area contributed by atoms with Crippen LogP contribution in [0.3, 0.4) is 0 Å². The van der Waals surface area contributed by atoms with Crippen molar-refractivity contribution in [3.05, 3.63) is 23.8 Å². The van der Waals surface area contributed by atoms with E-state index in [-0.39, 0.29) is 5.56 Å². The highest BCUT2D eigenvalue weighted by molar-refractivity contribution is 5.78. The van der Waals surface area contributed by atoms with Gasteiger partial charge in [-0.3, -0.25) is 5.32 Å². The van der Waals surface area contributed by atoms with E-state index in [0.717, 1.165) is 7.11 Å². The highest BCUT2D eigenvalue weighted by Crippen LogP contribution is 2.27. The molecule has 0 radical (unpaired) electrons. The zero-order valence-corrected chi connectivity index (χ0v) is 11.8. The number of rotatable bonds is 6. The van der Waals surface area contributed by atoms with Crippen molar-refractivity contribution in [1.29, 1.82) is 0 Å². The van der Waals surface area contributed by atoms with Crippen LogP contribution < -0.4 is 14.8 Å². The average molecular weight is 307 g/mol. The molecule has 0 spiro atoms. The lowest BCUT2D eigenvalue weighted by molar-refractivity contribution is -0.146. The van der Waals surface area contributed by atoms with Crippen molar-refractivity contribution < 1.29 is 32.2 Å². The van der Waals surface area contributed by atoms with E-state index < -0.39 is 24.7 Å². The fourth-order valence-electron chi connectivity index (χ4n) is 1.67. The molecule has 0 saturated heterocycles. The second-order valence-electron chi connectivity index (χ2n) is 4.10. The van der Waals surface area contributed by atoms with Gasteiger partial charge in [0.15, 0.2) is 0 Å². The highest BCUT2D eigenvalue weighted by Gasteiger charge is 2.31. The van der Waals surface area contributed by atoms with Crippen molar-refractivity contribution in [3.8, 4) is 11.5 Å². The summed E-state index contributed by atoms with van der Waals surface area (Å²) in [4.78, 5) is 11.7. The second kappa shape index (κ2) is 7.16. The monoisotopic (exact) mass is 307 g/mol. The van der Waals surface area contributed by atoms with E-state index in [9.17, 15) is 18.0 Å². The zero-order valence-electron chi connectivity index (χ0n) is 11.8. The van der Waals surface area contributed by atoms with E-state index in [1.807, 2.05) is 0 Å². The van der Waals surface area contributed by atoms with E-state index in [1.54, 1.807) is 6.07 Å². The van der Waals surface area contributed by atoms with Crippen LogP contribution in [0.2, 0.25) is 0 Å². The smallest absolute Gasteiger partial charge is 0.401 e. The Labute approximate surface area is 120 Å². The van der Waals surface area contributed by atoms with Crippen molar-refractivity contribution in [1.82, 2.24) is 5.32 Å². The van der Waals surface area contributed by atoms with Gasteiger partial charge in [-0.2, -0.15) is 13.2 Å². The first-order valence-electron chi connectivity index (χ1n) is 5.91. The summed E-state index contributed by atoms with van der Waals surface area (Å²) in [6.07, 6.45) is -4.45. The highest BCUT2D eigenvalue weighted by atomic mass is 19.4. The summed E-state index contributed by atoms with van der Waals surface area (Å²) in [6.45, 7) is -1.33. The number of carbonyl (C=O) groups excluding carboxylic acids is 1. The van der Waals surface area contributed by atoms with E-state index in [4.69, 9.17) is 9.47 Å². The van der Waals surface area contributed by atoms with Crippen LogP contribution in [0, 0.1) is 0 Å². The first kappa shape index (κ1) is 17.1. The van der Waals surface area contributed by atoms with Crippen LogP contribution in [-0.4, -0.2) is 40.0 Å². The summed E-state index contributed by atoms with van der Waals surface area (Å²) in [5.41, 5.74) is 0.252. The molecule has 0 aliphatic heterocycles. The van der Waals surface area contributed by atoms with Gasteiger partial charge < -0.3 is 14.2 Å². The normalized spacial score (nSPS) is 12.7. The molecule has 0 aliphatic carbocycles. The first-order chi connectivity index (χ1) is 9.80. The lowest BCUT2D eigenvalue weighted by Gasteiger charge is -2.19. The Morgan fingerprint density at radius 2 is 1.67 bits per heavy atom. The fourth-order valence-corrected chi connectivity index (χ4v) is 1.67. The minimum Gasteiger partial charge on any atom is -0.497 e. The van der Waals surface area contributed by atoms with E-state index in [0.29, 0.717) is 11.5 Å². The number of alkyl halides is 3. The molecule has 21 heavy (non-hydrogen) atoms. The summed E-state index contributed by atoms with van der Waals surface area (Å²) >= 11 is 0. The lowest BCUT2D eigenvalue weighted by atomic mass is 10.1. The number of esters is 1. The van der Waals surface area contributed by atoms with Crippen LogP contribution in [0.25, 0.3) is 0 Å². The Hall–Kier alpha value is -1.96. The molecular weight excluding hydrogens is 291 g/mol. The summed E-state index contributed by atoms with van der Waals surface area (Å²) in [6, 6.07) is 3.14. The van der Waals surface area contributed by atoms with E-state index >= 15 is 0 Å². The minimum absolute atomic E-state index is 0.252. The van der Waals surface area contributed by atoms with Gasteiger partial charge in [0.25, 0.3) is 0 Å². The molecule has 0 amide bonds. The number of halogens is 3. The van der Waals surface area contributed by atoms with Gasteiger partial charge in [-0.1, -0.05) is 0 Å². The third-order valence-corrected chi connectivity index (χ3v) is 2.65. The molecule has 8 heteroatoms. The molecule has 1 unspecified atom stereocenters. The molecule has 1 rings (SSSR count). The maximum Gasteiger partial charge on any atom is 0.401 e. The van der Waals surface area contributed by atoms with Gasteiger partial charge in [-0.15, -0.1) is 0 Å². The third kappa shape index (κ3) is 5.14. The molecule has 1 aromatic rings. The van der Waals surface area contributed by atoms with Crippen molar-refractivity contribution in [2.45, 2.75) is 12.2 Å². The molecule has 0 aromatic heterocycles. The maximum absolute atomic E-state index is 12.3.